The Hall–Kier alpha value is -2.95. The number of hydrogen-bond donors (Lipinski definition) is 0. The molecule has 0 N–H and O–H groups in total. The zero-order chi connectivity index (χ0) is 29.1. The van der Waals surface area contributed by atoms with E-state index in [1.165, 1.54) is 68.6 Å². The van der Waals surface area contributed by atoms with Gasteiger partial charge < -0.3 is 9.97 Å². The van der Waals surface area contributed by atoms with Gasteiger partial charge in [-0.2, -0.15) is 11.3 Å². The molecule has 0 saturated heterocycles. The molecule has 6 aromatic rings. The van der Waals surface area contributed by atoms with E-state index in [-0.39, 0.29) is 20.1 Å². The van der Waals surface area contributed by atoms with Crippen LogP contribution in [0.15, 0.2) is 91.3 Å². The third-order valence-corrected chi connectivity index (χ3v) is 11.5. The first-order chi connectivity index (χ1) is 20.4. The van der Waals surface area contributed by atoms with E-state index in [1.807, 2.05) is 61.0 Å². The molecular weight excluding hydrogens is 737 g/mol. The standard InChI is InChI=1S/C26H28NSSi.C12H10N.Ir/c1-29(2,3)20-12-13-21-22-10-7-11-23(26(22)28-25(21)17-20)24-16-19(14-15-27-24)18-8-5-4-6-9-18;1-10-7-8-12(13-9-10)11-5-3-2-4-6-11;/h7,10,12-18H,4-6,8-9H2,1-3H3;2-5,7-9H,1H3;/q2*-1;. The van der Waals surface area contributed by atoms with Crippen LogP contribution in [0, 0.1) is 19.1 Å². The Balaban J connectivity index is 0.000000221. The molecule has 3 aromatic carbocycles. The summed E-state index contributed by atoms with van der Waals surface area (Å²) in [6.45, 7) is 9.29. The Morgan fingerprint density at radius 3 is 2.35 bits per heavy atom. The maximum absolute atomic E-state index is 4.76. The van der Waals surface area contributed by atoms with Gasteiger partial charge in [-0.3, -0.25) is 0 Å². The molecule has 1 aliphatic carbocycles. The van der Waals surface area contributed by atoms with Crippen molar-refractivity contribution in [1.82, 2.24) is 9.97 Å². The maximum atomic E-state index is 4.76. The summed E-state index contributed by atoms with van der Waals surface area (Å²) in [6, 6.07) is 34.6. The van der Waals surface area contributed by atoms with Crippen molar-refractivity contribution in [3.8, 4) is 22.5 Å². The minimum absolute atomic E-state index is 0. The Labute approximate surface area is 275 Å². The van der Waals surface area contributed by atoms with E-state index in [1.54, 1.807) is 0 Å². The fraction of sp³-hybridized carbons (Fsp3) is 0.263. The van der Waals surface area contributed by atoms with Crippen LogP contribution >= 0.6 is 11.3 Å². The summed E-state index contributed by atoms with van der Waals surface area (Å²) >= 11 is 1.91. The molecule has 5 heteroatoms. The zero-order valence-electron chi connectivity index (χ0n) is 25.4. The molecule has 1 saturated carbocycles. The molecule has 43 heavy (non-hydrogen) atoms. The summed E-state index contributed by atoms with van der Waals surface area (Å²) in [6.07, 6.45) is 10.6. The van der Waals surface area contributed by atoms with Crippen LogP contribution in [0.25, 0.3) is 42.7 Å². The smallest absolute Gasteiger partial charge is 0.0776 e. The van der Waals surface area contributed by atoms with E-state index in [4.69, 9.17) is 4.98 Å². The summed E-state index contributed by atoms with van der Waals surface area (Å²) in [7, 11) is -1.32. The van der Waals surface area contributed by atoms with Crippen LogP contribution in [0.1, 0.15) is 49.1 Å². The van der Waals surface area contributed by atoms with Crippen molar-refractivity contribution in [1.29, 1.82) is 0 Å². The molecule has 7 rings (SSSR count). The number of pyridine rings is 2. The molecule has 0 bridgehead atoms. The number of aromatic nitrogens is 2. The van der Waals surface area contributed by atoms with Crippen LogP contribution in [0.4, 0.5) is 0 Å². The van der Waals surface area contributed by atoms with Crippen molar-refractivity contribution in [3.05, 3.63) is 115 Å². The quantitative estimate of drug-likeness (QED) is 0.132. The molecule has 1 radical (unpaired) electrons. The number of hydrogen-bond acceptors (Lipinski definition) is 3. The number of fused-ring (bicyclic) bond motifs is 3. The van der Waals surface area contributed by atoms with Gasteiger partial charge in [0.25, 0.3) is 0 Å². The molecule has 0 amide bonds. The number of benzene rings is 3. The van der Waals surface area contributed by atoms with Crippen molar-refractivity contribution in [2.75, 3.05) is 0 Å². The van der Waals surface area contributed by atoms with Crippen molar-refractivity contribution < 1.29 is 20.1 Å². The molecule has 2 nitrogen and oxygen atoms in total. The van der Waals surface area contributed by atoms with Crippen molar-refractivity contribution in [2.24, 2.45) is 0 Å². The molecule has 3 heterocycles. The van der Waals surface area contributed by atoms with Crippen LogP contribution in [0.2, 0.25) is 19.6 Å². The zero-order valence-corrected chi connectivity index (χ0v) is 29.6. The average Bonchev–Trinajstić information content (AvgIpc) is 3.41. The normalized spacial score (nSPS) is 13.8. The van der Waals surface area contributed by atoms with Crippen molar-refractivity contribution >= 4 is 44.8 Å². The Bertz CT molecular complexity index is 1800. The molecule has 0 aliphatic heterocycles. The van der Waals surface area contributed by atoms with E-state index in [0.717, 1.165) is 22.5 Å². The first-order valence-electron chi connectivity index (χ1n) is 15.1. The van der Waals surface area contributed by atoms with Crippen molar-refractivity contribution in [2.45, 2.75) is 64.6 Å². The predicted octanol–water partition coefficient (Wildman–Crippen LogP) is 10.4. The van der Waals surface area contributed by atoms with Crippen LogP contribution in [0.5, 0.6) is 0 Å². The van der Waals surface area contributed by atoms with Crippen LogP contribution in [0.3, 0.4) is 0 Å². The van der Waals surface area contributed by atoms with Gasteiger partial charge in [-0.15, -0.1) is 59.7 Å². The van der Waals surface area contributed by atoms with Gasteiger partial charge in [-0.05, 0) is 64.9 Å². The molecule has 221 valence electrons. The minimum Gasteiger partial charge on any atom is -0.305 e. The van der Waals surface area contributed by atoms with Crippen molar-refractivity contribution in [3.63, 3.8) is 0 Å². The fourth-order valence-electron chi connectivity index (χ4n) is 5.85. The van der Waals surface area contributed by atoms with Gasteiger partial charge in [0.2, 0.25) is 0 Å². The SMILES string of the molecule is C[Si](C)(C)c1ccc2c(c1)sc1c(-c3cc(C4CCCCC4)ccn3)[c-]ccc12.Cc1ccc(-c2[c-]cccc2)nc1.[Ir]. The third kappa shape index (κ3) is 7.24. The molecule has 3 aromatic heterocycles. The Morgan fingerprint density at radius 1 is 0.791 bits per heavy atom. The summed E-state index contributed by atoms with van der Waals surface area (Å²) in [5.74, 6) is 0.700. The van der Waals surface area contributed by atoms with E-state index < -0.39 is 8.07 Å². The second-order valence-electron chi connectivity index (χ2n) is 12.5. The second kappa shape index (κ2) is 13.8. The Morgan fingerprint density at radius 2 is 1.63 bits per heavy atom. The fourth-order valence-corrected chi connectivity index (χ4v) is 8.36. The summed E-state index contributed by atoms with van der Waals surface area (Å²) in [4.78, 5) is 9.08. The van der Waals surface area contributed by atoms with E-state index in [2.05, 4.69) is 85.3 Å². The van der Waals surface area contributed by atoms with E-state index >= 15 is 0 Å². The van der Waals surface area contributed by atoms with Gasteiger partial charge in [0.15, 0.2) is 0 Å². The largest absolute Gasteiger partial charge is 0.305 e. The van der Waals surface area contributed by atoms with Gasteiger partial charge >= 0.3 is 0 Å². The van der Waals surface area contributed by atoms with Crippen LogP contribution in [-0.4, -0.2) is 18.0 Å². The second-order valence-corrected chi connectivity index (χ2v) is 18.6. The first-order valence-corrected chi connectivity index (χ1v) is 19.4. The van der Waals surface area contributed by atoms with E-state index in [9.17, 15) is 0 Å². The third-order valence-electron chi connectivity index (χ3n) is 8.31. The maximum Gasteiger partial charge on any atom is 0.0776 e. The van der Waals surface area contributed by atoms with Gasteiger partial charge in [0, 0.05) is 37.2 Å². The molecule has 1 fully saturated rings. The number of thiophene rings is 1. The van der Waals surface area contributed by atoms with Gasteiger partial charge in [-0.1, -0.05) is 85.4 Å². The number of aryl methyl sites for hydroxylation is 1. The monoisotopic (exact) mass is 775 g/mol. The summed E-state index contributed by atoms with van der Waals surface area (Å²) in [5, 5.41) is 4.23. The summed E-state index contributed by atoms with van der Waals surface area (Å²) < 4.78 is 2.72. The molecule has 1 aliphatic rings. The number of rotatable bonds is 4. The van der Waals surface area contributed by atoms with Crippen LogP contribution in [-0.2, 0) is 20.1 Å². The minimum atomic E-state index is -1.32. The predicted molar refractivity (Wildman–Crippen MR) is 183 cm³/mol. The van der Waals surface area contributed by atoms with Gasteiger partial charge in [-0.25, -0.2) is 0 Å². The average molecular weight is 775 g/mol. The molecule has 0 atom stereocenters. The van der Waals surface area contributed by atoms with Gasteiger partial charge in [0.1, 0.15) is 0 Å². The number of nitrogens with zero attached hydrogens (tertiary/aromatic N) is 2. The summed E-state index contributed by atoms with van der Waals surface area (Å²) in [5.41, 5.74) is 6.90. The molecular formula is C38H38IrN2SSi-2. The van der Waals surface area contributed by atoms with E-state index in [0.29, 0.717) is 5.92 Å². The topological polar surface area (TPSA) is 25.8 Å². The first kappa shape index (κ1) is 31.5. The Kier molecular flexibility index (Phi) is 10.1. The molecule has 0 unspecified atom stereocenters. The van der Waals surface area contributed by atoms with Gasteiger partial charge in [0.05, 0.1) is 8.07 Å². The molecule has 0 spiro atoms. The van der Waals surface area contributed by atoms with Crippen LogP contribution < -0.4 is 5.19 Å².